The van der Waals surface area contributed by atoms with Crippen LogP contribution in [0.4, 0.5) is 10.1 Å². The van der Waals surface area contributed by atoms with E-state index in [0.29, 0.717) is 12.2 Å². The Morgan fingerprint density at radius 2 is 1.81 bits per heavy atom. The Hall–Kier alpha value is -2.84. The molecule has 0 atom stereocenters. The molecule has 3 rings (SSSR count). The van der Waals surface area contributed by atoms with Crippen molar-refractivity contribution in [1.29, 1.82) is 0 Å². The lowest BCUT2D eigenvalue weighted by atomic mass is 10.2. The zero-order valence-corrected chi connectivity index (χ0v) is 15.8. The fourth-order valence-corrected chi connectivity index (χ4v) is 3.27. The molecule has 1 N–H and O–H groups in total. The van der Waals surface area contributed by atoms with E-state index in [1.165, 1.54) is 35.6 Å². The highest BCUT2D eigenvalue weighted by atomic mass is 32.1. The largest absolute Gasteiger partial charge is 0.497 e. The van der Waals surface area contributed by atoms with Crippen LogP contribution in [0.15, 0.2) is 48.5 Å². The molecule has 1 aromatic heterocycles. The molecule has 0 spiro atoms. The van der Waals surface area contributed by atoms with E-state index in [0.717, 1.165) is 22.9 Å². The number of anilines is 1. The predicted octanol–water partition coefficient (Wildman–Crippen LogP) is 3.57. The van der Waals surface area contributed by atoms with Crippen molar-refractivity contribution in [2.45, 2.75) is 13.1 Å². The Bertz CT molecular complexity index is 897. The molecular formula is C19H19FN4O2S. The first-order valence-electron chi connectivity index (χ1n) is 8.24. The van der Waals surface area contributed by atoms with Crippen LogP contribution in [0.25, 0.3) is 0 Å². The van der Waals surface area contributed by atoms with Gasteiger partial charge in [-0.1, -0.05) is 23.5 Å². The Morgan fingerprint density at radius 1 is 1.11 bits per heavy atom. The number of aromatic nitrogens is 2. The lowest BCUT2D eigenvalue weighted by molar-refractivity contribution is 0.102. The number of rotatable bonds is 7. The summed E-state index contributed by atoms with van der Waals surface area (Å²) in [6, 6.07) is 13.4. The lowest BCUT2D eigenvalue weighted by Crippen LogP contribution is -2.17. The van der Waals surface area contributed by atoms with E-state index < -0.39 is 0 Å². The van der Waals surface area contributed by atoms with Gasteiger partial charge in [0, 0.05) is 12.2 Å². The summed E-state index contributed by atoms with van der Waals surface area (Å²) in [5, 5.41) is 11.7. The highest BCUT2D eigenvalue weighted by molar-refractivity contribution is 7.13. The molecule has 0 fully saturated rings. The van der Waals surface area contributed by atoms with Crippen molar-refractivity contribution in [1.82, 2.24) is 15.1 Å². The van der Waals surface area contributed by atoms with Gasteiger partial charge in [0.2, 0.25) is 5.01 Å². The van der Waals surface area contributed by atoms with Crippen LogP contribution >= 0.6 is 11.3 Å². The molecule has 2 aromatic carbocycles. The molecule has 6 nitrogen and oxygen atoms in total. The molecule has 1 heterocycles. The van der Waals surface area contributed by atoms with E-state index in [-0.39, 0.29) is 16.7 Å². The summed E-state index contributed by atoms with van der Waals surface area (Å²) in [5.41, 5.74) is 1.66. The first-order chi connectivity index (χ1) is 13.0. The minimum Gasteiger partial charge on any atom is -0.497 e. The fraction of sp³-hybridized carbons (Fsp3) is 0.211. The van der Waals surface area contributed by atoms with Crippen LogP contribution in [0, 0.1) is 5.82 Å². The third kappa shape index (κ3) is 5.32. The molecular weight excluding hydrogens is 367 g/mol. The van der Waals surface area contributed by atoms with Gasteiger partial charge >= 0.3 is 0 Å². The molecule has 0 unspecified atom stereocenters. The van der Waals surface area contributed by atoms with Gasteiger partial charge < -0.3 is 10.1 Å². The molecule has 1 amide bonds. The van der Waals surface area contributed by atoms with Crippen molar-refractivity contribution in [2.24, 2.45) is 0 Å². The lowest BCUT2D eigenvalue weighted by Gasteiger charge is -2.14. The summed E-state index contributed by atoms with van der Waals surface area (Å²) in [5.74, 6) is 0.108. The van der Waals surface area contributed by atoms with E-state index in [9.17, 15) is 9.18 Å². The van der Waals surface area contributed by atoms with Gasteiger partial charge in [0.1, 0.15) is 16.6 Å². The summed E-state index contributed by atoms with van der Waals surface area (Å²) >= 11 is 1.24. The monoisotopic (exact) mass is 386 g/mol. The molecule has 0 saturated carbocycles. The molecule has 0 aliphatic rings. The Kier molecular flexibility index (Phi) is 6.10. The minimum absolute atomic E-state index is 0.271. The maximum atomic E-state index is 12.9. The van der Waals surface area contributed by atoms with E-state index >= 15 is 0 Å². The van der Waals surface area contributed by atoms with Crippen molar-refractivity contribution in [2.75, 3.05) is 19.5 Å². The average Bonchev–Trinajstić information content (AvgIpc) is 3.12. The van der Waals surface area contributed by atoms with Crippen molar-refractivity contribution in [3.63, 3.8) is 0 Å². The first-order valence-corrected chi connectivity index (χ1v) is 9.06. The third-order valence-corrected chi connectivity index (χ3v) is 4.69. The van der Waals surface area contributed by atoms with Crippen LogP contribution in [0.2, 0.25) is 0 Å². The number of ether oxygens (including phenoxy) is 1. The molecule has 140 valence electrons. The van der Waals surface area contributed by atoms with Gasteiger partial charge in [0.05, 0.1) is 13.7 Å². The normalized spacial score (nSPS) is 10.8. The number of carbonyl (C=O) groups is 1. The zero-order valence-electron chi connectivity index (χ0n) is 15.0. The highest BCUT2D eigenvalue weighted by Crippen LogP contribution is 2.17. The topological polar surface area (TPSA) is 67.3 Å². The molecule has 0 bridgehead atoms. The number of nitrogens with one attached hydrogen (secondary N) is 1. The quantitative estimate of drug-likeness (QED) is 0.672. The number of hydrogen-bond donors (Lipinski definition) is 1. The Morgan fingerprint density at radius 3 is 2.48 bits per heavy atom. The summed E-state index contributed by atoms with van der Waals surface area (Å²) in [4.78, 5) is 14.3. The van der Waals surface area contributed by atoms with Crippen LogP contribution in [0.1, 0.15) is 20.4 Å². The van der Waals surface area contributed by atoms with Crippen molar-refractivity contribution in [3.05, 3.63) is 69.9 Å². The van der Waals surface area contributed by atoms with Crippen molar-refractivity contribution >= 4 is 22.9 Å². The van der Waals surface area contributed by atoms with Crippen LogP contribution in [0.5, 0.6) is 5.75 Å². The second kappa shape index (κ2) is 8.70. The van der Waals surface area contributed by atoms with Crippen LogP contribution in [-0.2, 0) is 13.1 Å². The van der Waals surface area contributed by atoms with Crippen LogP contribution < -0.4 is 10.1 Å². The molecule has 8 heteroatoms. The van der Waals surface area contributed by atoms with Gasteiger partial charge in [-0.15, -0.1) is 10.2 Å². The number of amides is 1. The number of carbonyl (C=O) groups excluding carboxylic acids is 1. The van der Waals surface area contributed by atoms with E-state index in [1.54, 1.807) is 7.11 Å². The minimum atomic E-state index is -0.358. The summed E-state index contributed by atoms with van der Waals surface area (Å²) in [6.45, 7) is 1.31. The van der Waals surface area contributed by atoms with E-state index in [2.05, 4.69) is 20.4 Å². The van der Waals surface area contributed by atoms with E-state index in [1.807, 2.05) is 31.3 Å². The third-order valence-electron chi connectivity index (χ3n) is 3.78. The molecule has 0 radical (unpaired) electrons. The van der Waals surface area contributed by atoms with E-state index in [4.69, 9.17) is 4.74 Å². The van der Waals surface area contributed by atoms with Crippen LogP contribution in [0.3, 0.4) is 0 Å². The maximum Gasteiger partial charge on any atom is 0.286 e. The number of nitrogens with zero attached hydrogens (tertiary/aromatic N) is 3. The fourth-order valence-electron chi connectivity index (χ4n) is 2.46. The average molecular weight is 386 g/mol. The molecule has 3 aromatic rings. The number of hydrogen-bond acceptors (Lipinski definition) is 6. The predicted molar refractivity (Wildman–Crippen MR) is 102 cm³/mol. The molecule has 0 aliphatic heterocycles. The van der Waals surface area contributed by atoms with Gasteiger partial charge in [-0.3, -0.25) is 9.69 Å². The Balaban J connectivity index is 1.56. The molecule has 27 heavy (non-hydrogen) atoms. The van der Waals surface area contributed by atoms with Gasteiger partial charge in [-0.25, -0.2) is 4.39 Å². The smallest absolute Gasteiger partial charge is 0.286 e. The highest BCUT2D eigenvalue weighted by Gasteiger charge is 2.14. The van der Waals surface area contributed by atoms with Gasteiger partial charge in [0.15, 0.2) is 0 Å². The van der Waals surface area contributed by atoms with Crippen molar-refractivity contribution in [3.8, 4) is 5.75 Å². The van der Waals surface area contributed by atoms with Crippen LogP contribution in [-0.4, -0.2) is 35.2 Å². The standard InChI is InChI=1S/C19H19FN4O2S/c1-24(11-13-3-9-16(26-2)10-4-13)12-17-22-23-19(27-17)18(25)21-15-7-5-14(20)6-8-15/h3-10H,11-12H2,1-2H3,(H,21,25). The second-order valence-electron chi connectivity index (χ2n) is 5.98. The van der Waals surface area contributed by atoms with Crippen molar-refractivity contribution < 1.29 is 13.9 Å². The van der Waals surface area contributed by atoms with Gasteiger partial charge in [-0.05, 0) is 49.0 Å². The zero-order chi connectivity index (χ0) is 19.2. The first kappa shape index (κ1) is 18.9. The Labute approximate surface area is 160 Å². The number of methoxy groups -OCH3 is 1. The molecule has 0 saturated heterocycles. The summed E-state index contributed by atoms with van der Waals surface area (Å²) in [7, 11) is 3.62. The SMILES string of the molecule is COc1ccc(CN(C)Cc2nnc(C(=O)Nc3ccc(F)cc3)s2)cc1. The maximum absolute atomic E-state index is 12.9. The summed E-state index contributed by atoms with van der Waals surface area (Å²) < 4.78 is 18.1. The molecule has 0 aliphatic carbocycles. The number of benzene rings is 2. The summed E-state index contributed by atoms with van der Waals surface area (Å²) in [6.07, 6.45) is 0. The van der Waals surface area contributed by atoms with Gasteiger partial charge in [0.25, 0.3) is 5.91 Å². The number of halogens is 1. The van der Waals surface area contributed by atoms with Gasteiger partial charge in [-0.2, -0.15) is 0 Å². The second-order valence-corrected chi connectivity index (χ2v) is 7.04.